The molecular formula is C10H22O4Si. The Balaban J connectivity index is 4.17. The lowest BCUT2D eigenvalue weighted by Crippen LogP contribution is -2.44. The van der Waals surface area contributed by atoms with Crippen molar-refractivity contribution in [1.82, 2.24) is 0 Å². The molecule has 0 amide bonds. The minimum atomic E-state index is -2.40. The van der Waals surface area contributed by atoms with Crippen molar-refractivity contribution >= 4 is 14.5 Å². The highest BCUT2D eigenvalue weighted by Gasteiger charge is 2.42. The first-order chi connectivity index (χ1) is 7.01. The molecule has 0 fully saturated rings. The molecule has 4 nitrogen and oxygen atoms in total. The minimum Gasteiger partial charge on any atom is -0.466 e. The molecule has 0 spiro atoms. The van der Waals surface area contributed by atoms with Crippen LogP contribution < -0.4 is 0 Å². The fourth-order valence-corrected chi connectivity index (χ4v) is 2.48. The zero-order valence-electron chi connectivity index (χ0n) is 10.3. The Morgan fingerprint density at radius 2 is 1.87 bits per heavy atom. The van der Waals surface area contributed by atoms with Gasteiger partial charge in [-0.3, -0.25) is 4.79 Å². The van der Waals surface area contributed by atoms with E-state index in [1.165, 1.54) is 0 Å². The van der Waals surface area contributed by atoms with Gasteiger partial charge in [0.2, 0.25) is 0 Å². The first-order valence-corrected chi connectivity index (χ1v) is 7.68. The van der Waals surface area contributed by atoms with E-state index >= 15 is 0 Å². The van der Waals surface area contributed by atoms with Gasteiger partial charge in [0.15, 0.2) is 0 Å². The summed E-state index contributed by atoms with van der Waals surface area (Å²) in [4.78, 5) is 11.6. The van der Waals surface area contributed by atoms with Crippen molar-refractivity contribution in [1.29, 1.82) is 0 Å². The molecule has 90 valence electrons. The zero-order chi connectivity index (χ0) is 11.9. The van der Waals surface area contributed by atoms with Crippen molar-refractivity contribution in [3.8, 4) is 0 Å². The summed E-state index contributed by atoms with van der Waals surface area (Å²) in [7, 11) is 0.751. The van der Waals surface area contributed by atoms with E-state index in [-0.39, 0.29) is 11.5 Å². The fourth-order valence-electron chi connectivity index (χ4n) is 1.09. The molecule has 0 rings (SSSR count). The van der Waals surface area contributed by atoms with E-state index in [9.17, 15) is 4.79 Å². The van der Waals surface area contributed by atoms with Gasteiger partial charge in [-0.05, 0) is 19.9 Å². The topological polar surface area (TPSA) is 44.8 Å². The van der Waals surface area contributed by atoms with Crippen molar-refractivity contribution in [3.63, 3.8) is 0 Å². The van der Waals surface area contributed by atoms with Gasteiger partial charge in [-0.25, -0.2) is 0 Å². The highest BCUT2D eigenvalue weighted by atomic mass is 28.4. The number of hydrogen-bond acceptors (Lipinski definition) is 4. The normalized spacial score (nSPS) is 13.7. The Bertz CT molecular complexity index is 192. The maximum absolute atomic E-state index is 11.6. The third-order valence-electron chi connectivity index (χ3n) is 2.69. The van der Waals surface area contributed by atoms with Crippen LogP contribution in [0, 0.1) is 0 Å². The van der Waals surface area contributed by atoms with E-state index < -0.39 is 8.56 Å². The maximum Gasteiger partial charge on any atom is 0.348 e. The molecule has 0 aromatic carbocycles. The lowest BCUT2D eigenvalue weighted by molar-refractivity contribution is -0.144. The van der Waals surface area contributed by atoms with Crippen molar-refractivity contribution in [3.05, 3.63) is 0 Å². The van der Waals surface area contributed by atoms with Crippen LogP contribution in [0.1, 0.15) is 26.7 Å². The molecule has 0 bridgehead atoms. The van der Waals surface area contributed by atoms with Crippen molar-refractivity contribution in [2.24, 2.45) is 0 Å². The number of unbranched alkanes of at least 4 members (excludes halogenated alkanes) is 1. The Morgan fingerprint density at radius 3 is 2.27 bits per heavy atom. The van der Waals surface area contributed by atoms with E-state index in [0.29, 0.717) is 6.61 Å². The predicted octanol–water partition coefficient (Wildman–Crippen LogP) is 2.08. The van der Waals surface area contributed by atoms with E-state index in [4.69, 9.17) is 13.6 Å². The maximum atomic E-state index is 11.6. The molecule has 0 heterocycles. The van der Waals surface area contributed by atoms with Crippen LogP contribution in [0.25, 0.3) is 0 Å². The molecule has 0 aromatic rings. The van der Waals surface area contributed by atoms with Crippen molar-refractivity contribution in [2.45, 2.75) is 38.8 Å². The summed E-state index contributed by atoms with van der Waals surface area (Å²) in [6, 6.07) is 0. The Morgan fingerprint density at radius 1 is 1.33 bits per heavy atom. The van der Waals surface area contributed by atoms with Gasteiger partial charge in [0, 0.05) is 14.2 Å². The zero-order valence-corrected chi connectivity index (χ0v) is 11.3. The van der Waals surface area contributed by atoms with Gasteiger partial charge >= 0.3 is 14.5 Å². The summed E-state index contributed by atoms with van der Waals surface area (Å²) in [6.07, 6.45) is 1.92. The molecule has 0 aliphatic carbocycles. The minimum absolute atomic E-state index is 0.221. The van der Waals surface area contributed by atoms with Gasteiger partial charge in [0.05, 0.1) is 12.1 Å². The second kappa shape index (κ2) is 6.98. The Labute approximate surface area is 93.2 Å². The van der Waals surface area contributed by atoms with E-state index in [1.807, 2.05) is 6.55 Å². The summed E-state index contributed by atoms with van der Waals surface area (Å²) < 4.78 is 15.7. The molecular weight excluding hydrogens is 212 g/mol. The average molecular weight is 234 g/mol. The van der Waals surface area contributed by atoms with Gasteiger partial charge < -0.3 is 13.6 Å². The lowest BCUT2D eigenvalue weighted by atomic mass is 10.4. The van der Waals surface area contributed by atoms with E-state index in [2.05, 4.69) is 6.92 Å². The molecule has 5 heteroatoms. The number of hydrogen-bond donors (Lipinski definition) is 0. The van der Waals surface area contributed by atoms with Gasteiger partial charge in [0.25, 0.3) is 0 Å². The van der Waals surface area contributed by atoms with Crippen LogP contribution in [-0.2, 0) is 18.4 Å². The highest BCUT2D eigenvalue weighted by Crippen LogP contribution is 2.23. The van der Waals surface area contributed by atoms with Crippen LogP contribution in [0.3, 0.4) is 0 Å². The number of esters is 1. The number of carbonyl (C=O) groups is 1. The average Bonchev–Trinajstić information content (AvgIpc) is 2.27. The first kappa shape index (κ1) is 14.6. The summed E-state index contributed by atoms with van der Waals surface area (Å²) in [5.41, 5.74) is -0.302. The molecule has 0 aromatic heterocycles. The largest absolute Gasteiger partial charge is 0.466 e. The first-order valence-electron chi connectivity index (χ1n) is 5.28. The number of ether oxygens (including phenoxy) is 1. The highest BCUT2D eigenvalue weighted by molar-refractivity contribution is 6.70. The van der Waals surface area contributed by atoms with Crippen molar-refractivity contribution < 1.29 is 18.4 Å². The number of carbonyl (C=O) groups excluding carboxylic acids is 1. The Kier molecular flexibility index (Phi) is 6.79. The second-order valence-electron chi connectivity index (χ2n) is 3.67. The summed E-state index contributed by atoms with van der Waals surface area (Å²) >= 11 is 0. The third kappa shape index (κ3) is 4.32. The third-order valence-corrected chi connectivity index (χ3v) is 6.12. The molecule has 0 saturated carbocycles. The quantitative estimate of drug-likeness (QED) is 0.384. The van der Waals surface area contributed by atoms with Crippen LogP contribution in [0.15, 0.2) is 0 Å². The van der Waals surface area contributed by atoms with Gasteiger partial charge in [-0.15, -0.1) is 0 Å². The summed E-state index contributed by atoms with van der Waals surface area (Å²) in [5, 5.41) is 0. The molecule has 15 heavy (non-hydrogen) atoms. The van der Waals surface area contributed by atoms with Crippen molar-refractivity contribution in [2.75, 3.05) is 20.8 Å². The SMILES string of the molecule is CCCCOC(=O)C(C)[Si](C)(OC)OC. The predicted molar refractivity (Wildman–Crippen MR) is 60.9 cm³/mol. The monoisotopic (exact) mass is 234 g/mol. The molecule has 1 unspecified atom stereocenters. The molecule has 1 atom stereocenters. The van der Waals surface area contributed by atoms with Crippen LogP contribution in [0.5, 0.6) is 0 Å². The second-order valence-corrected chi connectivity index (χ2v) is 7.38. The molecule has 0 saturated heterocycles. The summed E-state index contributed by atoms with van der Waals surface area (Å²) in [5.74, 6) is -0.221. The standard InChI is InChI=1S/C10H22O4Si/c1-6-7-8-14-10(11)9(2)15(5,12-3)13-4/h9H,6-8H2,1-5H3. The van der Waals surface area contributed by atoms with Crippen LogP contribution >= 0.6 is 0 Å². The van der Waals surface area contributed by atoms with E-state index in [0.717, 1.165) is 12.8 Å². The molecule has 0 N–H and O–H groups in total. The summed E-state index contributed by atoms with van der Waals surface area (Å²) in [6.45, 7) is 6.20. The molecule has 0 aliphatic heterocycles. The Hall–Kier alpha value is -0.393. The van der Waals surface area contributed by atoms with Crippen LogP contribution in [0.4, 0.5) is 0 Å². The van der Waals surface area contributed by atoms with Crippen LogP contribution in [0.2, 0.25) is 12.1 Å². The number of rotatable bonds is 7. The van der Waals surface area contributed by atoms with Gasteiger partial charge in [-0.1, -0.05) is 13.3 Å². The van der Waals surface area contributed by atoms with Crippen LogP contribution in [-0.4, -0.2) is 35.4 Å². The van der Waals surface area contributed by atoms with Gasteiger partial charge in [0.1, 0.15) is 0 Å². The smallest absolute Gasteiger partial charge is 0.348 e. The fraction of sp³-hybridized carbons (Fsp3) is 0.900. The van der Waals surface area contributed by atoms with Gasteiger partial charge in [-0.2, -0.15) is 0 Å². The molecule has 0 radical (unpaired) electrons. The van der Waals surface area contributed by atoms with E-state index in [1.54, 1.807) is 21.1 Å². The lowest BCUT2D eigenvalue weighted by Gasteiger charge is -2.27. The molecule has 0 aliphatic rings.